The molecule has 0 fully saturated rings. The molecule has 2 atom stereocenters. The van der Waals surface area contributed by atoms with E-state index in [4.69, 9.17) is 0 Å². The van der Waals surface area contributed by atoms with Crippen molar-refractivity contribution in [2.75, 3.05) is 0 Å². The Morgan fingerprint density at radius 1 is 0.338 bits per heavy atom. The third-order valence-corrected chi connectivity index (χ3v) is 29.4. The van der Waals surface area contributed by atoms with Crippen molar-refractivity contribution in [1.29, 1.82) is 0 Å². The molecule has 4 aromatic rings. The number of halogens is 2. The average molecular weight is 1150 g/mol. The van der Waals surface area contributed by atoms with Crippen LogP contribution in [0.2, 0.25) is 78.6 Å². The van der Waals surface area contributed by atoms with Crippen molar-refractivity contribution < 1.29 is 47.7 Å². The van der Waals surface area contributed by atoms with Crippen molar-refractivity contribution in [2.24, 2.45) is 0 Å². The van der Waals surface area contributed by atoms with E-state index in [1.165, 1.54) is 44.5 Å². The number of allylic oxidation sites excluding steroid dienone is 2. The molecule has 0 radical (unpaired) electrons. The van der Waals surface area contributed by atoms with E-state index in [2.05, 4.69) is 234 Å². The van der Waals surface area contributed by atoms with Gasteiger partial charge < -0.3 is 24.8 Å². The quantitative estimate of drug-likeness (QED) is 0.155. The molecule has 65 heavy (non-hydrogen) atoms. The second-order valence-electron chi connectivity index (χ2n) is 27.9. The van der Waals surface area contributed by atoms with Gasteiger partial charge in [0.05, 0.1) is 0 Å². The van der Waals surface area contributed by atoms with Crippen LogP contribution in [0.3, 0.4) is 0 Å². The molecule has 352 valence electrons. The summed E-state index contributed by atoms with van der Waals surface area (Å²) in [6.07, 6.45) is 5.41. The molecule has 0 aliphatic heterocycles. The molecule has 0 saturated heterocycles. The Labute approximate surface area is 427 Å². The molecular formula is C58H86Cl2HfSi4. The molecule has 6 rings (SSSR count). The zero-order valence-corrected chi connectivity index (χ0v) is 54.4. The summed E-state index contributed by atoms with van der Waals surface area (Å²) in [5.41, 5.74) is 18.5. The molecule has 0 spiro atoms. The van der Waals surface area contributed by atoms with E-state index in [-0.39, 0.29) is 46.5 Å². The molecule has 0 bridgehead atoms. The third-order valence-electron chi connectivity index (χ3n) is 13.9. The van der Waals surface area contributed by atoms with Gasteiger partial charge in [-0.1, -0.05) is 0 Å². The van der Waals surface area contributed by atoms with E-state index < -0.39 is 55.2 Å². The van der Waals surface area contributed by atoms with Crippen LogP contribution in [-0.4, -0.2) is 32.3 Å². The largest absolute Gasteiger partial charge is 1.00 e. The Kier molecular flexibility index (Phi) is 16.0. The molecule has 2 unspecified atom stereocenters. The second kappa shape index (κ2) is 18.5. The van der Waals surface area contributed by atoms with Crippen LogP contribution in [0.1, 0.15) is 146 Å². The van der Waals surface area contributed by atoms with Crippen molar-refractivity contribution in [3.8, 4) is 0 Å². The van der Waals surface area contributed by atoms with Gasteiger partial charge in [0.2, 0.25) is 0 Å². The van der Waals surface area contributed by atoms with E-state index in [1.54, 1.807) is 43.0 Å². The van der Waals surface area contributed by atoms with Gasteiger partial charge in [-0.25, -0.2) is 0 Å². The summed E-state index contributed by atoms with van der Waals surface area (Å²) in [7, 11) is -6.59. The van der Waals surface area contributed by atoms with Crippen molar-refractivity contribution in [2.45, 2.75) is 191 Å². The summed E-state index contributed by atoms with van der Waals surface area (Å²) >= 11 is -1.71. The maximum atomic E-state index is 2.81. The molecule has 7 heteroatoms. The first-order valence-corrected chi connectivity index (χ1v) is 42.3. The van der Waals surface area contributed by atoms with E-state index in [0.717, 1.165) is 0 Å². The number of hydrogen-bond acceptors (Lipinski definition) is 0. The second-order valence-corrected chi connectivity index (χ2v) is 53.4. The van der Waals surface area contributed by atoms with Crippen LogP contribution < -0.4 is 45.6 Å². The van der Waals surface area contributed by atoms with E-state index in [1.807, 2.05) is 0 Å². The van der Waals surface area contributed by atoms with Crippen LogP contribution in [0.5, 0.6) is 0 Å². The van der Waals surface area contributed by atoms with Gasteiger partial charge in [0.25, 0.3) is 0 Å². The first-order chi connectivity index (χ1) is 28.3. The van der Waals surface area contributed by atoms with Gasteiger partial charge in [0.15, 0.2) is 0 Å². The normalized spacial score (nSPS) is 17.1. The van der Waals surface area contributed by atoms with Gasteiger partial charge in [-0.05, 0) is 0 Å². The van der Waals surface area contributed by atoms with Crippen LogP contribution in [0, 0.1) is 0 Å². The maximum absolute atomic E-state index is 2.81. The Bertz CT molecular complexity index is 2260. The minimum atomic E-state index is -1.71. The predicted molar refractivity (Wildman–Crippen MR) is 294 cm³/mol. The van der Waals surface area contributed by atoms with E-state index in [0.29, 0.717) is 7.35 Å². The summed E-state index contributed by atoms with van der Waals surface area (Å²) in [4.78, 5) is 0. The van der Waals surface area contributed by atoms with Crippen molar-refractivity contribution in [1.82, 2.24) is 0 Å². The number of fused-ring (bicyclic) bond motifs is 2. The molecule has 0 saturated carbocycles. The molecule has 0 N–H and O–H groups in total. The Morgan fingerprint density at radius 2 is 0.569 bits per heavy atom. The fraction of sp³-hybridized carbons (Fsp3) is 0.517. The molecule has 4 aromatic carbocycles. The van der Waals surface area contributed by atoms with Gasteiger partial charge >= 0.3 is 406 Å². The first-order valence-electron chi connectivity index (χ1n) is 24.2. The minimum absolute atomic E-state index is 0. The van der Waals surface area contributed by atoms with Gasteiger partial charge in [0.1, 0.15) is 0 Å². The third kappa shape index (κ3) is 12.0. The number of rotatable bonds is 8. The summed E-state index contributed by atoms with van der Waals surface area (Å²) in [5, 5.41) is 6.84. The summed E-state index contributed by atoms with van der Waals surface area (Å²) < 4.78 is 0.932. The summed E-state index contributed by atoms with van der Waals surface area (Å²) in [6, 6.07) is 26.5. The zero-order chi connectivity index (χ0) is 47.6. The molecular weight excluding hydrogens is 1060 g/mol. The van der Waals surface area contributed by atoms with Gasteiger partial charge in [-0.3, -0.25) is 0 Å². The van der Waals surface area contributed by atoms with Gasteiger partial charge in [-0.15, -0.1) is 0 Å². The number of benzene rings is 4. The maximum Gasteiger partial charge on any atom is -1.00 e. The minimum Gasteiger partial charge on any atom is -1.00 e. The fourth-order valence-corrected chi connectivity index (χ4v) is 27.4. The molecule has 0 aromatic heterocycles. The molecule has 0 nitrogen and oxygen atoms in total. The van der Waals surface area contributed by atoms with Gasteiger partial charge in [0, 0.05) is 0 Å². The van der Waals surface area contributed by atoms with Crippen LogP contribution in [0.25, 0.3) is 23.3 Å². The number of hydrogen-bond donors (Lipinski definition) is 0. The molecule has 2 aliphatic carbocycles. The van der Waals surface area contributed by atoms with E-state index in [9.17, 15) is 0 Å². The van der Waals surface area contributed by atoms with Crippen LogP contribution in [-0.2, 0) is 44.6 Å². The SMILES string of the molecule is CC(C)(C)c1cc(C2=Cc3cc([Si](C)(C)C)c([Si](C)(C)C)cc3[CH]2[Hf+2][CH]2C(c3cc(C(C)(C)C)cc(C(C)(C)C)c3)=Cc3cc([Si](C)(C)C)c([Si](C)(C)C)cc32)cc(C(C)(C)C)c1.[Cl-].[Cl-]. The topological polar surface area (TPSA) is 0 Å². The molecule has 2 aliphatic rings. The average Bonchev–Trinajstić information content (AvgIpc) is 3.65. The standard InChI is InChI=1S/2C29H43Si2.2ClH.Hf/c2*1-28(2,3)24-15-23(16-25(19-24)29(4,5)6)20-13-21-17-26(30(7,8)9)27(31(10,11)12)18-22(21)14-20;;;/h2*13-19H,1-12H3;2*1H;/q;;;;+2/p-2. The monoisotopic (exact) mass is 1140 g/mol. The fourth-order valence-electron chi connectivity index (χ4n) is 9.68. The molecule has 0 amide bonds. The summed E-state index contributed by atoms with van der Waals surface area (Å²) in [5.74, 6) is 0. The van der Waals surface area contributed by atoms with Crippen molar-refractivity contribution in [3.63, 3.8) is 0 Å². The van der Waals surface area contributed by atoms with Crippen molar-refractivity contribution >= 4 is 76.3 Å². The Hall–Kier alpha value is -1.32. The van der Waals surface area contributed by atoms with Crippen molar-refractivity contribution in [3.05, 3.63) is 116 Å². The summed E-state index contributed by atoms with van der Waals surface area (Å²) in [6.45, 7) is 59.9. The Morgan fingerprint density at radius 3 is 0.785 bits per heavy atom. The van der Waals surface area contributed by atoms with E-state index >= 15 is 0 Å². The van der Waals surface area contributed by atoms with Crippen LogP contribution in [0.15, 0.2) is 60.7 Å². The zero-order valence-electron chi connectivity index (χ0n) is 45.3. The van der Waals surface area contributed by atoms with Gasteiger partial charge in [-0.2, -0.15) is 0 Å². The first kappa shape index (κ1) is 56.3. The smallest absolute Gasteiger partial charge is 1.00 e. The van der Waals surface area contributed by atoms with Crippen LogP contribution in [0.4, 0.5) is 0 Å². The van der Waals surface area contributed by atoms with Crippen LogP contribution >= 0.6 is 0 Å². The predicted octanol–water partition coefficient (Wildman–Crippen LogP) is 9.04. The Balaban J connectivity index is 0.00000462. The molecule has 0 heterocycles.